The van der Waals surface area contributed by atoms with Crippen molar-refractivity contribution >= 4 is 11.3 Å². The minimum Gasteiger partial charge on any atom is -0.297 e. The predicted molar refractivity (Wildman–Crippen MR) is 68.8 cm³/mol. The van der Waals surface area contributed by atoms with Gasteiger partial charge in [0.05, 0.1) is 10.7 Å². The molecule has 1 aromatic heterocycles. The van der Waals surface area contributed by atoms with Gasteiger partial charge in [0.15, 0.2) is 0 Å². The van der Waals surface area contributed by atoms with Crippen LogP contribution in [-0.4, -0.2) is 11.2 Å². The molecule has 1 atom stereocenters. The summed E-state index contributed by atoms with van der Waals surface area (Å²) in [5.74, 6) is -2.47. The summed E-state index contributed by atoms with van der Waals surface area (Å²) in [5, 5.41) is 4.42. The number of aromatic nitrogens is 1. The van der Waals surface area contributed by atoms with Crippen LogP contribution in [0, 0.1) is 18.6 Å². The van der Waals surface area contributed by atoms with Gasteiger partial charge >= 0.3 is 6.18 Å². The standard InChI is InChI=1S/C13H11F5N2S/c1-7-20-8(6-21-7)5-19-12(13(16,17)18)11-9(14)3-2-4-10(11)15/h2-4,6,12,19H,5H2,1H3/t12-/m0/s1. The first kappa shape index (κ1) is 15.8. The lowest BCUT2D eigenvalue weighted by atomic mass is 10.0. The highest BCUT2D eigenvalue weighted by Crippen LogP contribution is 2.35. The summed E-state index contributed by atoms with van der Waals surface area (Å²) in [6, 6.07) is 0.184. The first-order valence-electron chi connectivity index (χ1n) is 5.94. The third-order valence-electron chi connectivity index (χ3n) is 2.77. The minimum atomic E-state index is -4.83. The third-order valence-corrected chi connectivity index (χ3v) is 3.59. The highest BCUT2D eigenvalue weighted by atomic mass is 32.1. The van der Waals surface area contributed by atoms with Gasteiger partial charge in [0.2, 0.25) is 0 Å². The molecule has 0 spiro atoms. The summed E-state index contributed by atoms with van der Waals surface area (Å²) < 4.78 is 66.3. The molecule has 0 radical (unpaired) electrons. The molecular weight excluding hydrogens is 311 g/mol. The van der Waals surface area contributed by atoms with Gasteiger partial charge in [-0.3, -0.25) is 5.32 Å². The number of hydrogen-bond acceptors (Lipinski definition) is 3. The number of hydrogen-bond donors (Lipinski definition) is 1. The number of nitrogens with one attached hydrogen (secondary N) is 1. The molecule has 0 saturated heterocycles. The van der Waals surface area contributed by atoms with Gasteiger partial charge in [-0.1, -0.05) is 6.07 Å². The molecule has 21 heavy (non-hydrogen) atoms. The van der Waals surface area contributed by atoms with Crippen LogP contribution in [0.25, 0.3) is 0 Å². The van der Waals surface area contributed by atoms with Crippen LogP contribution in [0.1, 0.15) is 22.3 Å². The molecule has 0 bridgehead atoms. The van der Waals surface area contributed by atoms with Crippen LogP contribution in [0.4, 0.5) is 22.0 Å². The summed E-state index contributed by atoms with van der Waals surface area (Å²) in [6.07, 6.45) is -4.83. The van der Waals surface area contributed by atoms with Crippen molar-refractivity contribution in [3.63, 3.8) is 0 Å². The zero-order valence-corrected chi connectivity index (χ0v) is 11.7. The van der Waals surface area contributed by atoms with Crippen LogP contribution in [0.3, 0.4) is 0 Å². The Morgan fingerprint density at radius 2 is 1.86 bits per heavy atom. The van der Waals surface area contributed by atoms with Gasteiger partial charge in [0.1, 0.15) is 17.7 Å². The van der Waals surface area contributed by atoms with Gasteiger partial charge in [-0.15, -0.1) is 11.3 Å². The van der Waals surface area contributed by atoms with Crippen molar-refractivity contribution < 1.29 is 22.0 Å². The second-order valence-corrected chi connectivity index (χ2v) is 5.41. The summed E-state index contributed by atoms with van der Waals surface area (Å²) >= 11 is 1.29. The SMILES string of the molecule is Cc1nc(CN[C@@H](c2c(F)cccc2F)C(F)(F)F)cs1. The summed E-state index contributed by atoms with van der Waals surface area (Å²) in [7, 11) is 0. The monoisotopic (exact) mass is 322 g/mol. The Bertz CT molecular complexity index is 603. The Morgan fingerprint density at radius 1 is 1.24 bits per heavy atom. The third kappa shape index (κ3) is 3.76. The number of alkyl halides is 3. The van der Waals surface area contributed by atoms with E-state index in [0.29, 0.717) is 10.7 Å². The molecule has 0 aliphatic heterocycles. The van der Waals surface area contributed by atoms with E-state index in [9.17, 15) is 22.0 Å². The van der Waals surface area contributed by atoms with E-state index >= 15 is 0 Å². The van der Waals surface area contributed by atoms with Gasteiger partial charge in [0, 0.05) is 17.5 Å². The Balaban J connectivity index is 2.27. The Labute approximate surface area is 121 Å². The van der Waals surface area contributed by atoms with Crippen molar-refractivity contribution in [1.29, 1.82) is 0 Å². The van der Waals surface area contributed by atoms with Crippen LogP contribution < -0.4 is 5.32 Å². The summed E-state index contributed by atoms with van der Waals surface area (Å²) in [4.78, 5) is 4.00. The van der Waals surface area contributed by atoms with Crippen LogP contribution in [0.15, 0.2) is 23.6 Å². The van der Waals surface area contributed by atoms with Gasteiger partial charge in [0.25, 0.3) is 0 Å². The highest BCUT2D eigenvalue weighted by Gasteiger charge is 2.43. The molecule has 2 rings (SSSR count). The molecule has 1 aromatic carbocycles. The first-order chi connectivity index (χ1) is 9.79. The first-order valence-corrected chi connectivity index (χ1v) is 6.82. The molecule has 2 nitrogen and oxygen atoms in total. The van der Waals surface area contributed by atoms with E-state index < -0.39 is 29.4 Å². The van der Waals surface area contributed by atoms with Crippen molar-refractivity contribution in [3.05, 3.63) is 51.5 Å². The smallest absolute Gasteiger partial charge is 0.297 e. The zero-order chi connectivity index (χ0) is 15.6. The molecule has 0 amide bonds. The largest absolute Gasteiger partial charge is 0.408 e. The highest BCUT2D eigenvalue weighted by molar-refractivity contribution is 7.09. The molecule has 1 N–H and O–H groups in total. The van der Waals surface area contributed by atoms with Gasteiger partial charge in [-0.2, -0.15) is 13.2 Å². The van der Waals surface area contributed by atoms with Crippen molar-refractivity contribution in [2.45, 2.75) is 25.7 Å². The number of thiazole rings is 1. The van der Waals surface area contributed by atoms with Gasteiger partial charge < -0.3 is 0 Å². The molecular formula is C13H11F5N2S. The Morgan fingerprint density at radius 3 is 2.33 bits per heavy atom. The lowest BCUT2D eigenvalue weighted by Gasteiger charge is -2.22. The molecule has 0 unspecified atom stereocenters. The number of halogens is 5. The maximum atomic E-state index is 13.6. The normalized spacial score (nSPS) is 13.4. The average molecular weight is 322 g/mol. The maximum absolute atomic E-state index is 13.6. The van der Waals surface area contributed by atoms with Crippen LogP contribution >= 0.6 is 11.3 Å². The molecule has 114 valence electrons. The van der Waals surface area contributed by atoms with E-state index in [-0.39, 0.29) is 6.54 Å². The molecule has 0 fully saturated rings. The molecule has 2 aromatic rings. The molecule has 0 saturated carbocycles. The van der Waals surface area contributed by atoms with Gasteiger partial charge in [-0.25, -0.2) is 13.8 Å². The Kier molecular flexibility index (Phi) is 4.58. The van der Waals surface area contributed by atoms with E-state index in [1.54, 1.807) is 12.3 Å². The van der Waals surface area contributed by atoms with Crippen LogP contribution in [0.2, 0.25) is 0 Å². The number of aryl methyl sites for hydroxylation is 1. The van der Waals surface area contributed by atoms with Crippen molar-refractivity contribution in [2.24, 2.45) is 0 Å². The zero-order valence-electron chi connectivity index (χ0n) is 10.8. The van der Waals surface area contributed by atoms with E-state index in [0.717, 1.165) is 18.2 Å². The molecule has 8 heteroatoms. The fourth-order valence-corrected chi connectivity index (χ4v) is 2.48. The van der Waals surface area contributed by atoms with E-state index in [2.05, 4.69) is 10.3 Å². The summed E-state index contributed by atoms with van der Waals surface area (Å²) in [5.41, 5.74) is -0.638. The Hall–Kier alpha value is -1.54. The maximum Gasteiger partial charge on any atom is 0.408 e. The number of benzene rings is 1. The van der Waals surface area contributed by atoms with E-state index in [1.165, 1.54) is 11.3 Å². The lowest BCUT2D eigenvalue weighted by molar-refractivity contribution is -0.159. The second kappa shape index (κ2) is 6.07. The average Bonchev–Trinajstić information content (AvgIpc) is 2.77. The summed E-state index contributed by atoms with van der Waals surface area (Å²) in [6.45, 7) is 1.48. The number of nitrogens with zero attached hydrogens (tertiary/aromatic N) is 1. The topological polar surface area (TPSA) is 24.9 Å². The molecule has 0 aliphatic rings. The molecule has 0 aliphatic carbocycles. The molecule has 1 heterocycles. The van der Waals surface area contributed by atoms with Crippen LogP contribution in [-0.2, 0) is 6.54 Å². The van der Waals surface area contributed by atoms with E-state index in [1.807, 2.05) is 0 Å². The van der Waals surface area contributed by atoms with Crippen molar-refractivity contribution in [2.75, 3.05) is 0 Å². The van der Waals surface area contributed by atoms with Gasteiger partial charge in [-0.05, 0) is 19.1 Å². The van der Waals surface area contributed by atoms with Crippen molar-refractivity contribution in [1.82, 2.24) is 10.3 Å². The number of rotatable bonds is 4. The minimum absolute atomic E-state index is 0.234. The fourth-order valence-electron chi connectivity index (χ4n) is 1.86. The lowest BCUT2D eigenvalue weighted by Crippen LogP contribution is -2.35. The quantitative estimate of drug-likeness (QED) is 0.857. The predicted octanol–water partition coefficient (Wildman–Crippen LogP) is 4.12. The van der Waals surface area contributed by atoms with Crippen molar-refractivity contribution in [3.8, 4) is 0 Å². The van der Waals surface area contributed by atoms with Crippen LogP contribution in [0.5, 0.6) is 0 Å². The second-order valence-electron chi connectivity index (χ2n) is 4.35. The fraction of sp³-hybridized carbons (Fsp3) is 0.308. The van der Waals surface area contributed by atoms with E-state index in [4.69, 9.17) is 0 Å².